The molecule has 5 aromatic rings. The maximum atomic E-state index is 5.99. The predicted molar refractivity (Wildman–Crippen MR) is 134 cm³/mol. The van der Waals surface area contributed by atoms with E-state index >= 15 is 0 Å². The summed E-state index contributed by atoms with van der Waals surface area (Å²) in [5.74, 6) is 3.02. The number of nitrogens with zero attached hydrogens (tertiary/aromatic N) is 7. The number of nitrogen functional groups attached to an aromatic ring is 1. The number of rotatable bonds is 9. The third kappa shape index (κ3) is 5.30. The summed E-state index contributed by atoms with van der Waals surface area (Å²) in [6.45, 7) is 2.58. The zero-order chi connectivity index (χ0) is 24.0. The Morgan fingerprint density at radius 3 is 2.74 bits per heavy atom. The van der Waals surface area contributed by atoms with Crippen molar-refractivity contribution in [2.75, 3.05) is 11.1 Å². The predicted octanol–water partition coefficient (Wildman–Crippen LogP) is 4.35. The number of aryl methyl sites for hydroxylation is 1. The standard InChI is InChI=1S/C24H23N9OS/c1-2-16-7-3-4-10-19(16)27-23-29-20(28-22(25)30-23)15-35-24-32-31-21(17-8-5-11-26-13-17)33(24)14-18-9-6-12-34-18/h3-13H,2,14-15H2,1H3,(H3,25,27,28,29,30). The number of nitrogens with one attached hydrogen (secondary N) is 1. The lowest BCUT2D eigenvalue weighted by Crippen LogP contribution is -2.08. The van der Waals surface area contributed by atoms with Gasteiger partial charge in [-0.15, -0.1) is 10.2 Å². The van der Waals surface area contributed by atoms with Crippen molar-refractivity contribution >= 4 is 29.3 Å². The summed E-state index contributed by atoms with van der Waals surface area (Å²) in [4.78, 5) is 17.3. The lowest BCUT2D eigenvalue weighted by molar-refractivity contribution is 0.485. The summed E-state index contributed by atoms with van der Waals surface area (Å²) in [5.41, 5.74) is 8.96. The number of furan rings is 1. The Balaban J connectivity index is 1.39. The second-order valence-electron chi connectivity index (χ2n) is 7.57. The number of pyridine rings is 1. The lowest BCUT2D eigenvalue weighted by atomic mass is 10.1. The summed E-state index contributed by atoms with van der Waals surface area (Å²) in [6.07, 6.45) is 6.02. The number of anilines is 3. The second-order valence-corrected chi connectivity index (χ2v) is 8.51. The van der Waals surface area contributed by atoms with Crippen LogP contribution in [-0.4, -0.2) is 34.7 Å². The van der Waals surface area contributed by atoms with Crippen LogP contribution in [0.5, 0.6) is 0 Å². The van der Waals surface area contributed by atoms with Gasteiger partial charge in [-0.2, -0.15) is 15.0 Å². The van der Waals surface area contributed by atoms with Crippen LogP contribution in [0.15, 0.2) is 76.8 Å². The maximum Gasteiger partial charge on any atom is 0.232 e. The molecule has 0 atom stereocenters. The number of hydrogen-bond acceptors (Lipinski definition) is 10. The minimum Gasteiger partial charge on any atom is -0.467 e. The largest absolute Gasteiger partial charge is 0.467 e. The molecule has 5 rings (SSSR count). The van der Waals surface area contributed by atoms with Crippen LogP contribution in [0.1, 0.15) is 24.1 Å². The molecule has 0 unspecified atom stereocenters. The van der Waals surface area contributed by atoms with Gasteiger partial charge in [0.15, 0.2) is 11.0 Å². The van der Waals surface area contributed by atoms with Crippen LogP contribution in [0.3, 0.4) is 0 Å². The van der Waals surface area contributed by atoms with Gasteiger partial charge >= 0.3 is 0 Å². The van der Waals surface area contributed by atoms with E-state index in [-0.39, 0.29) is 5.95 Å². The van der Waals surface area contributed by atoms with Gasteiger partial charge in [-0.1, -0.05) is 36.9 Å². The summed E-state index contributed by atoms with van der Waals surface area (Å²) < 4.78 is 7.55. The molecule has 0 fully saturated rings. The molecule has 4 aromatic heterocycles. The molecule has 3 N–H and O–H groups in total. The number of thioether (sulfide) groups is 1. The van der Waals surface area contributed by atoms with Crippen molar-refractivity contribution in [2.45, 2.75) is 30.8 Å². The molecule has 0 bridgehead atoms. The van der Waals surface area contributed by atoms with E-state index in [1.165, 1.54) is 11.8 Å². The molecule has 0 aliphatic rings. The van der Waals surface area contributed by atoms with Crippen molar-refractivity contribution < 1.29 is 4.42 Å². The third-order valence-electron chi connectivity index (χ3n) is 5.20. The average molecular weight is 486 g/mol. The zero-order valence-electron chi connectivity index (χ0n) is 19.0. The van der Waals surface area contributed by atoms with Gasteiger partial charge in [-0.25, -0.2) is 0 Å². The Hall–Kier alpha value is -4.25. The van der Waals surface area contributed by atoms with Gasteiger partial charge in [0.25, 0.3) is 0 Å². The van der Waals surface area contributed by atoms with Crippen LogP contribution in [0.2, 0.25) is 0 Å². The first-order valence-electron chi connectivity index (χ1n) is 11.0. The van der Waals surface area contributed by atoms with Crippen LogP contribution in [0, 0.1) is 0 Å². The molecule has 10 nitrogen and oxygen atoms in total. The fourth-order valence-electron chi connectivity index (χ4n) is 3.56. The van der Waals surface area contributed by atoms with Crippen LogP contribution in [0.25, 0.3) is 11.4 Å². The molecule has 176 valence electrons. The Bertz CT molecular complexity index is 1400. The van der Waals surface area contributed by atoms with E-state index in [2.05, 4.69) is 48.4 Å². The highest BCUT2D eigenvalue weighted by Crippen LogP contribution is 2.27. The molecular formula is C24H23N9OS. The van der Waals surface area contributed by atoms with Crippen LogP contribution in [-0.2, 0) is 18.7 Å². The summed E-state index contributed by atoms with van der Waals surface area (Å²) in [5, 5.41) is 12.8. The molecule has 0 amide bonds. The molecule has 35 heavy (non-hydrogen) atoms. The molecule has 0 saturated heterocycles. The van der Waals surface area contributed by atoms with Crippen LogP contribution >= 0.6 is 11.8 Å². The van der Waals surface area contributed by atoms with E-state index in [0.717, 1.165) is 29.0 Å². The van der Waals surface area contributed by atoms with Gasteiger partial charge in [0.05, 0.1) is 18.6 Å². The molecule has 0 radical (unpaired) electrons. The summed E-state index contributed by atoms with van der Waals surface area (Å²) in [6, 6.07) is 15.6. The Labute approximate surface area is 206 Å². The minimum atomic E-state index is 0.153. The van der Waals surface area contributed by atoms with Crippen molar-refractivity contribution in [1.29, 1.82) is 0 Å². The number of nitrogens with two attached hydrogens (primary N) is 1. The van der Waals surface area contributed by atoms with Crippen molar-refractivity contribution in [3.8, 4) is 11.4 Å². The number of hydrogen-bond donors (Lipinski definition) is 2. The van der Waals surface area contributed by atoms with E-state index < -0.39 is 0 Å². The van der Waals surface area contributed by atoms with Crippen LogP contribution < -0.4 is 11.1 Å². The SMILES string of the molecule is CCc1ccccc1Nc1nc(N)nc(CSc2nnc(-c3cccnc3)n2Cc2ccco2)n1. The lowest BCUT2D eigenvalue weighted by Gasteiger charge is -2.11. The molecular weight excluding hydrogens is 462 g/mol. The highest BCUT2D eigenvalue weighted by Gasteiger charge is 2.17. The van der Waals surface area contributed by atoms with Crippen molar-refractivity contribution in [1.82, 2.24) is 34.7 Å². The monoisotopic (exact) mass is 485 g/mol. The van der Waals surface area contributed by atoms with Crippen LogP contribution in [0.4, 0.5) is 17.6 Å². The van der Waals surface area contributed by atoms with Gasteiger partial charge in [0.2, 0.25) is 11.9 Å². The minimum absolute atomic E-state index is 0.153. The van der Waals surface area contributed by atoms with Gasteiger partial charge in [-0.05, 0) is 42.3 Å². The summed E-state index contributed by atoms with van der Waals surface area (Å²) in [7, 11) is 0. The maximum absolute atomic E-state index is 5.99. The normalized spacial score (nSPS) is 11.0. The quantitative estimate of drug-likeness (QED) is 0.290. The first-order valence-corrected chi connectivity index (χ1v) is 12.0. The molecule has 0 aliphatic heterocycles. The van der Waals surface area contributed by atoms with Gasteiger partial charge < -0.3 is 15.5 Å². The van der Waals surface area contributed by atoms with Gasteiger partial charge in [-0.3, -0.25) is 9.55 Å². The second kappa shape index (κ2) is 10.3. The zero-order valence-corrected chi connectivity index (χ0v) is 19.8. The fourth-order valence-corrected chi connectivity index (χ4v) is 4.36. The van der Waals surface area contributed by atoms with E-state index in [4.69, 9.17) is 10.2 Å². The highest BCUT2D eigenvalue weighted by atomic mass is 32.2. The van der Waals surface area contributed by atoms with Gasteiger partial charge in [0, 0.05) is 23.6 Å². The molecule has 0 saturated carbocycles. The third-order valence-corrected chi connectivity index (χ3v) is 6.17. The summed E-state index contributed by atoms with van der Waals surface area (Å²) >= 11 is 1.46. The first kappa shape index (κ1) is 22.5. The number of aromatic nitrogens is 7. The Morgan fingerprint density at radius 1 is 1.03 bits per heavy atom. The van der Waals surface area contributed by atoms with E-state index in [0.29, 0.717) is 35.1 Å². The smallest absolute Gasteiger partial charge is 0.232 e. The van der Waals surface area contributed by atoms with E-state index in [1.807, 2.05) is 47.0 Å². The Kier molecular flexibility index (Phi) is 6.66. The molecule has 0 aliphatic carbocycles. The first-order chi connectivity index (χ1) is 17.2. The van der Waals surface area contributed by atoms with Crippen molar-refractivity contribution in [2.24, 2.45) is 0 Å². The topological polar surface area (TPSA) is 133 Å². The molecule has 11 heteroatoms. The fraction of sp³-hybridized carbons (Fsp3) is 0.167. The highest BCUT2D eigenvalue weighted by molar-refractivity contribution is 7.98. The van der Waals surface area contributed by atoms with Gasteiger partial charge in [0.1, 0.15) is 11.6 Å². The molecule has 4 heterocycles. The number of para-hydroxylation sites is 1. The van der Waals surface area contributed by atoms with Crippen molar-refractivity contribution in [3.63, 3.8) is 0 Å². The molecule has 1 aromatic carbocycles. The Morgan fingerprint density at radius 2 is 1.94 bits per heavy atom. The van der Waals surface area contributed by atoms with Crippen molar-refractivity contribution in [3.05, 3.63) is 84.3 Å². The van der Waals surface area contributed by atoms with E-state index in [1.54, 1.807) is 18.7 Å². The average Bonchev–Trinajstić information content (AvgIpc) is 3.54. The number of benzene rings is 1. The molecule has 0 spiro atoms. The van der Waals surface area contributed by atoms with E-state index in [9.17, 15) is 0 Å².